The first kappa shape index (κ1) is 11.2. The monoisotopic (exact) mass is 199 g/mol. The molecule has 0 aromatic heterocycles. The van der Waals surface area contributed by atoms with Crippen LogP contribution in [0.25, 0.3) is 0 Å². The fourth-order valence-corrected chi connectivity index (χ4v) is 1.47. The van der Waals surface area contributed by atoms with Gasteiger partial charge in [0.25, 0.3) is 0 Å². The van der Waals surface area contributed by atoms with Crippen molar-refractivity contribution in [3.05, 3.63) is 0 Å². The summed E-state index contributed by atoms with van der Waals surface area (Å²) in [6.07, 6.45) is 0. The number of carbonyl (C=O) groups excluding carboxylic acids is 2. The fraction of sp³-hybridized carbons (Fsp3) is 0.800. The zero-order valence-electron chi connectivity index (χ0n) is 9.09. The topological polar surface area (TPSA) is 55.4 Å². The van der Waals surface area contributed by atoms with Crippen molar-refractivity contribution in [1.82, 2.24) is 5.32 Å². The van der Waals surface area contributed by atoms with Crippen LogP contribution in [0, 0.1) is 5.92 Å². The number of hydrogen-bond donors (Lipinski definition) is 1. The maximum absolute atomic E-state index is 11.6. The van der Waals surface area contributed by atoms with Gasteiger partial charge in [-0.1, -0.05) is 0 Å². The molecule has 1 heterocycles. The van der Waals surface area contributed by atoms with Crippen LogP contribution in [0.4, 0.5) is 0 Å². The average Bonchev–Trinajstić information content (AvgIpc) is 2.27. The van der Waals surface area contributed by atoms with Gasteiger partial charge in [-0.25, -0.2) is 0 Å². The van der Waals surface area contributed by atoms with E-state index in [1.165, 1.54) is 0 Å². The van der Waals surface area contributed by atoms with Crippen molar-refractivity contribution in [3.8, 4) is 0 Å². The normalized spacial score (nSPS) is 27.9. The highest BCUT2D eigenvalue weighted by Gasteiger charge is 2.39. The third-order valence-electron chi connectivity index (χ3n) is 2.11. The van der Waals surface area contributed by atoms with Gasteiger partial charge >= 0.3 is 5.97 Å². The Labute approximate surface area is 84.0 Å². The van der Waals surface area contributed by atoms with Crippen molar-refractivity contribution in [2.75, 3.05) is 6.54 Å². The van der Waals surface area contributed by atoms with Gasteiger partial charge in [0, 0.05) is 6.04 Å². The molecule has 2 atom stereocenters. The molecule has 0 aromatic rings. The number of hydrogen-bond acceptors (Lipinski definition) is 4. The largest absolute Gasteiger partial charge is 0.459 e. The number of esters is 1. The van der Waals surface area contributed by atoms with Gasteiger partial charge in [-0.3, -0.25) is 9.59 Å². The molecule has 1 aliphatic heterocycles. The standard InChI is InChI=1S/C10H17NO3/c1-6-8(7(12)5-11-6)9(13)14-10(2,3)4/h6,8,11H,5H2,1-4H3/t6-,8?/m1/s1. The summed E-state index contributed by atoms with van der Waals surface area (Å²) in [6, 6.07) is -0.114. The molecule has 0 amide bonds. The minimum atomic E-state index is -0.630. The minimum Gasteiger partial charge on any atom is -0.459 e. The molecule has 1 unspecified atom stereocenters. The molecule has 14 heavy (non-hydrogen) atoms. The summed E-state index contributed by atoms with van der Waals surface area (Å²) in [5.41, 5.74) is -0.528. The van der Waals surface area contributed by atoms with Gasteiger partial charge in [-0.05, 0) is 27.7 Å². The predicted molar refractivity (Wildman–Crippen MR) is 51.8 cm³/mol. The van der Waals surface area contributed by atoms with Gasteiger partial charge in [0.15, 0.2) is 5.78 Å². The van der Waals surface area contributed by atoms with Crippen molar-refractivity contribution in [3.63, 3.8) is 0 Å². The molecule has 0 aliphatic carbocycles. The second-order valence-electron chi connectivity index (χ2n) is 4.65. The molecule has 0 radical (unpaired) electrons. The number of rotatable bonds is 1. The Morgan fingerprint density at radius 2 is 2.07 bits per heavy atom. The zero-order valence-corrected chi connectivity index (χ0v) is 9.09. The van der Waals surface area contributed by atoms with Crippen LogP contribution in [-0.4, -0.2) is 29.9 Å². The van der Waals surface area contributed by atoms with Crippen LogP contribution in [0.5, 0.6) is 0 Å². The van der Waals surface area contributed by atoms with Crippen LogP contribution < -0.4 is 5.32 Å². The molecule has 1 fully saturated rings. The summed E-state index contributed by atoms with van der Waals surface area (Å²) in [4.78, 5) is 22.9. The van der Waals surface area contributed by atoms with Gasteiger partial charge in [-0.15, -0.1) is 0 Å². The molecule has 4 nitrogen and oxygen atoms in total. The molecule has 0 saturated carbocycles. The predicted octanol–water partition coefficient (Wildman–Crippen LogP) is 0.505. The Hall–Kier alpha value is -0.900. The summed E-state index contributed by atoms with van der Waals surface area (Å²) in [6.45, 7) is 7.47. The quantitative estimate of drug-likeness (QED) is 0.493. The Morgan fingerprint density at radius 3 is 2.43 bits per heavy atom. The molecule has 1 aliphatic rings. The highest BCUT2D eigenvalue weighted by atomic mass is 16.6. The summed E-state index contributed by atoms with van der Waals surface area (Å²) in [5.74, 6) is -1.12. The molecule has 0 aromatic carbocycles. The Kier molecular flexibility index (Phi) is 2.95. The van der Waals surface area contributed by atoms with Gasteiger partial charge in [0.05, 0.1) is 6.54 Å². The smallest absolute Gasteiger partial charge is 0.318 e. The second kappa shape index (κ2) is 3.69. The van der Waals surface area contributed by atoms with Crippen LogP contribution in [0.15, 0.2) is 0 Å². The Bertz CT molecular complexity index is 255. The number of nitrogens with one attached hydrogen (secondary N) is 1. The first-order valence-electron chi connectivity index (χ1n) is 4.80. The lowest BCUT2D eigenvalue weighted by molar-refractivity contribution is -0.161. The van der Waals surface area contributed by atoms with Gasteiger partial charge in [-0.2, -0.15) is 0 Å². The molecular weight excluding hydrogens is 182 g/mol. The van der Waals surface area contributed by atoms with E-state index < -0.39 is 17.5 Å². The number of carbonyl (C=O) groups is 2. The summed E-state index contributed by atoms with van der Waals surface area (Å²) < 4.78 is 5.16. The third kappa shape index (κ3) is 2.54. The van der Waals surface area contributed by atoms with E-state index in [2.05, 4.69) is 5.32 Å². The summed E-state index contributed by atoms with van der Waals surface area (Å²) in [5, 5.41) is 2.94. The van der Waals surface area contributed by atoms with E-state index in [1.54, 1.807) is 20.8 Å². The van der Waals surface area contributed by atoms with Crippen LogP contribution in [0.2, 0.25) is 0 Å². The number of Topliss-reactive ketones (excluding diaryl/α,β-unsaturated/α-hetero) is 1. The molecule has 1 N–H and O–H groups in total. The van der Waals surface area contributed by atoms with Gasteiger partial charge < -0.3 is 10.1 Å². The van der Waals surface area contributed by atoms with Crippen LogP contribution >= 0.6 is 0 Å². The molecule has 0 spiro atoms. The van der Waals surface area contributed by atoms with E-state index in [-0.39, 0.29) is 18.4 Å². The Morgan fingerprint density at radius 1 is 1.50 bits per heavy atom. The van der Waals surface area contributed by atoms with Crippen molar-refractivity contribution in [1.29, 1.82) is 0 Å². The van der Waals surface area contributed by atoms with E-state index in [0.29, 0.717) is 0 Å². The van der Waals surface area contributed by atoms with E-state index in [9.17, 15) is 9.59 Å². The third-order valence-corrected chi connectivity index (χ3v) is 2.11. The summed E-state index contributed by atoms with van der Waals surface area (Å²) in [7, 11) is 0. The molecular formula is C10H17NO3. The highest BCUT2D eigenvalue weighted by Crippen LogP contribution is 2.17. The number of ketones is 1. The lowest BCUT2D eigenvalue weighted by atomic mass is 10.0. The van der Waals surface area contributed by atoms with E-state index >= 15 is 0 Å². The van der Waals surface area contributed by atoms with Gasteiger partial charge in [0.1, 0.15) is 11.5 Å². The molecule has 4 heteroatoms. The van der Waals surface area contributed by atoms with Crippen LogP contribution in [-0.2, 0) is 14.3 Å². The summed E-state index contributed by atoms with van der Waals surface area (Å²) >= 11 is 0. The van der Waals surface area contributed by atoms with Crippen LogP contribution in [0.1, 0.15) is 27.7 Å². The van der Waals surface area contributed by atoms with Gasteiger partial charge in [0.2, 0.25) is 0 Å². The van der Waals surface area contributed by atoms with Crippen molar-refractivity contribution < 1.29 is 14.3 Å². The molecule has 1 rings (SSSR count). The van der Waals surface area contributed by atoms with Crippen LogP contribution in [0.3, 0.4) is 0 Å². The second-order valence-corrected chi connectivity index (χ2v) is 4.65. The molecule has 1 saturated heterocycles. The maximum atomic E-state index is 11.6. The number of ether oxygens (including phenoxy) is 1. The first-order valence-corrected chi connectivity index (χ1v) is 4.80. The minimum absolute atomic E-state index is 0.0771. The zero-order chi connectivity index (χ0) is 10.9. The highest BCUT2D eigenvalue weighted by molar-refractivity contribution is 6.02. The SMILES string of the molecule is C[C@H]1NCC(=O)C1C(=O)OC(C)(C)C. The molecule has 80 valence electrons. The molecule has 0 bridgehead atoms. The van der Waals surface area contributed by atoms with Crippen molar-refractivity contribution in [2.45, 2.75) is 39.3 Å². The lowest BCUT2D eigenvalue weighted by Crippen LogP contribution is -2.36. The van der Waals surface area contributed by atoms with Crippen molar-refractivity contribution in [2.24, 2.45) is 5.92 Å². The average molecular weight is 199 g/mol. The van der Waals surface area contributed by atoms with E-state index in [0.717, 1.165) is 0 Å². The van der Waals surface area contributed by atoms with Crippen molar-refractivity contribution >= 4 is 11.8 Å². The fourth-order valence-electron chi connectivity index (χ4n) is 1.47. The maximum Gasteiger partial charge on any atom is 0.318 e. The first-order chi connectivity index (χ1) is 6.31. The Balaban J connectivity index is 2.65. The lowest BCUT2D eigenvalue weighted by Gasteiger charge is -2.22. The van der Waals surface area contributed by atoms with E-state index in [4.69, 9.17) is 4.74 Å². The van der Waals surface area contributed by atoms with E-state index in [1.807, 2.05) is 6.92 Å².